The predicted octanol–water partition coefficient (Wildman–Crippen LogP) is 5.09. The molecule has 3 aromatic rings. The molecule has 8 rings (SSSR count). The lowest BCUT2D eigenvalue weighted by atomic mass is 9.53. The standard InChI is InChI=1S/C32H36N4O3/c1-35-10-12-36(13-11-35)31(38)27-8-4-25(5-9-27)24-2-6-26(7-3-24)29-17-28(34-39-29)30(37)33-32-18-21-14-22(19-32)16-23(15-21)20-32/h2-9,17,21-23H,10-16,18-20H2,1H3,(H,33,37). The number of rotatable bonds is 5. The van der Waals surface area contributed by atoms with Crippen molar-refractivity contribution in [3.05, 3.63) is 65.9 Å². The third-order valence-corrected chi connectivity index (χ3v) is 9.58. The van der Waals surface area contributed by atoms with Gasteiger partial charge in [-0.3, -0.25) is 9.59 Å². The number of carbonyl (C=O) groups excluding carboxylic acids is 2. The van der Waals surface area contributed by atoms with Gasteiger partial charge in [0, 0.05) is 48.9 Å². The molecule has 7 heteroatoms. The average Bonchev–Trinajstić information content (AvgIpc) is 3.43. The van der Waals surface area contributed by atoms with Crippen LogP contribution in [-0.4, -0.2) is 65.5 Å². The number of benzene rings is 2. The number of nitrogens with zero attached hydrogens (tertiary/aromatic N) is 3. The van der Waals surface area contributed by atoms with E-state index in [1.807, 2.05) is 53.4 Å². The van der Waals surface area contributed by atoms with Crippen LogP contribution in [0.5, 0.6) is 0 Å². The van der Waals surface area contributed by atoms with Crippen LogP contribution in [0.15, 0.2) is 59.1 Å². The fourth-order valence-electron chi connectivity index (χ4n) is 7.91. The van der Waals surface area contributed by atoms with Crippen LogP contribution in [0.4, 0.5) is 0 Å². The quantitative estimate of drug-likeness (QED) is 0.503. The van der Waals surface area contributed by atoms with Crippen LogP contribution in [0.25, 0.3) is 22.5 Å². The van der Waals surface area contributed by atoms with Crippen LogP contribution < -0.4 is 5.32 Å². The van der Waals surface area contributed by atoms with Gasteiger partial charge < -0.3 is 19.6 Å². The first-order valence-corrected chi connectivity index (χ1v) is 14.4. The minimum atomic E-state index is -0.116. The van der Waals surface area contributed by atoms with Gasteiger partial charge in [0.15, 0.2) is 11.5 Å². The van der Waals surface area contributed by atoms with Crippen molar-refractivity contribution in [2.24, 2.45) is 17.8 Å². The van der Waals surface area contributed by atoms with Gasteiger partial charge in [-0.25, -0.2) is 0 Å². The fraction of sp³-hybridized carbons (Fsp3) is 0.469. The fourth-order valence-corrected chi connectivity index (χ4v) is 7.91. The number of piperazine rings is 1. The van der Waals surface area contributed by atoms with Gasteiger partial charge in [-0.2, -0.15) is 0 Å². The summed E-state index contributed by atoms with van der Waals surface area (Å²) in [5.41, 5.74) is 4.01. The monoisotopic (exact) mass is 524 g/mol. The Bertz CT molecular complexity index is 1330. The van der Waals surface area contributed by atoms with Gasteiger partial charge >= 0.3 is 0 Å². The number of amides is 2. The summed E-state index contributed by atoms with van der Waals surface area (Å²) in [5, 5.41) is 7.50. The van der Waals surface area contributed by atoms with Crippen molar-refractivity contribution in [3.8, 4) is 22.5 Å². The van der Waals surface area contributed by atoms with Crippen molar-refractivity contribution < 1.29 is 14.1 Å². The Morgan fingerprint density at radius 2 is 1.36 bits per heavy atom. The topological polar surface area (TPSA) is 78.7 Å². The summed E-state index contributed by atoms with van der Waals surface area (Å²) in [5.74, 6) is 2.89. The highest BCUT2D eigenvalue weighted by Crippen LogP contribution is 2.55. The first kappa shape index (κ1) is 24.6. The van der Waals surface area contributed by atoms with Crippen LogP contribution in [0.1, 0.15) is 59.4 Å². The lowest BCUT2D eigenvalue weighted by Crippen LogP contribution is -2.59. The van der Waals surface area contributed by atoms with Crippen LogP contribution >= 0.6 is 0 Å². The van der Waals surface area contributed by atoms with Crippen molar-refractivity contribution in [3.63, 3.8) is 0 Å². The van der Waals surface area contributed by atoms with Crippen LogP contribution in [0.3, 0.4) is 0 Å². The summed E-state index contributed by atoms with van der Waals surface area (Å²) >= 11 is 0. The van der Waals surface area contributed by atoms with Crippen molar-refractivity contribution in [1.82, 2.24) is 20.3 Å². The van der Waals surface area contributed by atoms with E-state index in [1.165, 1.54) is 19.3 Å². The molecule has 7 nitrogen and oxygen atoms in total. The van der Waals surface area contributed by atoms with E-state index < -0.39 is 0 Å². The molecule has 5 aliphatic rings. The number of carbonyl (C=O) groups is 2. The first-order valence-electron chi connectivity index (χ1n) is 14.4. The summed E-state index contributed by atoms with van der Waals surface area (Å²) in [4.78, 5) is 30.2. The Labute approximate surface area is 229 Å². The molecular weight excluding hydrogens is 488 g/mol. The van der Waals surface area contributed by atoms with Crippen molar-refractivity contribution in [2.45, 2.75) is 44.1 Å². The Kier molecular flexibility index (Phi) is 6.07. The minimum absolute atomic E-state index is 0.0444. The summed E-state index contributed by atoms with van der Waals surface area (Å²) in [6.07, 6.45) is 7.38. The van der Waals surface area contributed by atoms with Crippen LogP contribution in [0, 0.1) is 17.8 Å². The molecule has 4 bridgehead atoms. The van der Waals surface area contributed by atoms with Gasteiger partial charge in [0.25, 0.3) is 11.8 Å². The van der Waals surface area contributed by atoms with Crippen LogP contribution in [-0.2, 0) is 0 Å². The maximum absolute atomic E-state index is 13.1. The highest BCUT2D eigenvalue weighted by molar-refractivity contribution is 5.95. The molecule has 4 saturated carbocycles. The molecule has 5 fully saturated rings. The molecule has 0 atom stereocenters. The molecule has 0 radical (unpaired) electrons. The number of aromatic nitrogens is 1. The zero-order chi connectivity index (χ0) is 26.6. The normalized spacial score (nSPS) is 28.0. The summed E-state index contributed by atoms with van der Waals surface area (Å²) in [6, 6.07) is 17.6. The SMILES string of the molecule is CN1CCN(C(=O)c2ccc(-c3ccc(-c4cc(C(=O)NC56CC7CC(CC(C7)C5)C6)no4)cc3)cc2)CC1. The highest BCUT2D eigenvalue weighted by Gasteiger charge is 2.51. The lowest BCUT2D eigenvalue weighted by molar-refractivity contribution is -0.0168. The molecule has 2 aromatic carbocycles. The van der Waals surface area contributed by atoms with Crippen molar-refractivity contribution in [1.29, 1.82) is 0 Å². The third kappa shape index (κ3) is 4.78. The Balaban J connectivity index is 1.00. The van der Waals surface area contributed by atoms with E-state index in [1.54, 1.807) is 6.07 Å². The smallest absolute Gasteiger partial charge is 0.273 e. The largest absolute Gasteiger partial charge is 0.355 e. The molecule has 39 heavy (non-hydrogen) atoms. The van der Waals surface area contributed by atoms with Gasteiger partial charge in [0.05, 0.1) is 0 Å². The Morgan fingerprint density at radius 1 is 0.821 bits per heavy atom. The van der Waals surface area contributed by atoms with E-state index >= 15 is 0 Å². The zero-order valence-corrected chi connectivity index (χ0v) is 22.6. The van der Waals surface area contributed by atoms with E-state index in [0.29, 0.717) is 11.5 Å². The van der Waals surface area contributed by atoms with Crippen molar-refractivity contribution >= 4 is 11.8 Å². The van der Waals surface area contributed by atoms with Crippen LogP contribution in [0.2, 0.25) is 0 Å². The molecule has 1 N–H and O–H groups in total. The van der Waals surface area contributed by atoms with Gasteiger partial charge in [0.2, 0.25) is 0 Å². The maximum Gasteiger partial charge on any atom is 0.273 e. The number of likely N-dealkylation sites (N-methyl/N-ethyl adjacent to an activating group) is 1. The van der Waals surface area contributed by atoms with Gasteiger partial charge in [-0.1, -0.05) is 41.6 Å². The van der Waals surface area contributed by atoms with Gasteiger partial charge in [-0.05, 0) is 86.6 Å². The molecule has 202 valence electrons. The first-order chi connectivity index (χ1) is 18.9. The maximum atomic E-state index is 13.1. The number of hydrogen-bond donors (Lipinski definition) is 1. The van der Waals surface area contributed by atoms with Crippen molar-refractivity contribution in [2.75, 3.05) is 33.2 Å². The second-order valence-corrected chi connectivity index (χ2v) is 12.5. The third-order valence-electron chi connectivity index (χ3n) is 9.58. The summed E-state index contributed by atoms with van der Waals surface area (Å²) in [6.45, 7) is 3.36. The zero-order valence-electron chi connectivity index (χ0n) is 22.6. The van der Waals surface area contributed by atoms with Gasteiger partial charge in [-0.15, -0.1) is 0 Å². The summed E-state index contributed by atoms with van der Waals surface area (Å²) in [7, 11) is 2.09. The number of hydrogen-bond acceptors (Lipinski definition) is 5. The molecule has 1 aliphatic heterocycles. The van der Waals surface area contributed by atoms with E-state index in [4.69, 9.17) is 4.52 Å². The average molecular weight is 525 g/mol. The summed E-state index contributed by atoms with van der Waals surface area (Å²) < 4.78 is 5.59. The molecule has 1 saturated heterocycles. The van der Waals surface area contributed by atoms with E-state index in [-0.39, 0.29) is 17.4 Å². The molecule has 2 amide bonds. The van der Waals surface area contributed by atoms with E-state index in [9.17, 15) is 9.59 Å². The number of nitrogens with one attached hydrogen (secondary N) is 1. The molecule has 4 aliphatic carbocycles. The Morgan fingerprint density at radius 3 is 1.95 bits per heavy atom. The molecule has 2 heterocycles. The highest BCUT2D eigenvalue weighted by atomic mass is 16.5. The molecular formula is C32H36N4O3. The van der Waals surface area contributed by atoms with E-state index in [2.05, 4.69) is 22.4 Å². The minimum Gasteiger partial charge on any atom is -0.355 e. The van der Waals surface area contributed by atoms with Gasteiger partial charge in [0.1, 0.15) is 0 Å². The molecule has 0 unspecified atom stereocenters. The second-order valence-electron chi connectivity index (χ2n) is 12.5. The predicted molar refractivity (Wildman–Crippen MR) is 149 cm³/mol. The lowest BCUT2D eigenvalue weighted by Gasteiger charge is -2.56. The van der Waals surface area contributed by atoms with E-state index in [0.717, 1.165) is 85.4 Å². The molecule has 0 spiro atoms. The second kappa shape index (κ2) is 9.63. The Hall–Kier alpha value is -3.45. The molecule has 1 aromatic heterocycles.